The third kappa shape index (κ3) is 1.94. The van der Waals surface area contributed by atoms with Gasteiger partial charge in [0.15, 0.2) is 0 Å². The largest absolute Gasteiger partial charge is 0.370 e. The Morgan fingerprint density at radius 2 is 2.30 bits per heavy atom. The Kier molecular flexibility index (Phi) is 3.13. The van der Waals surface area contributed by atoms with Gasteiger partial charge in [0, 0.05) is 13.6 Å². The highest BCUT2D eigenvalue weighted by Gasteiger charge is 2.07. The molecule has 1 saturated heterocycles. The van der Waals surface area contributed by atoms with Gasteiger partial charge in [0.05, 0.1) is 5.03 Å². The molecule has 1 rings (SSSR count). The Labute approximate surface area is 67.5 Å². The summed E-state index contributed by atoms with van der Waals surface area (Å²) in [6.07, 6.45) is 4.92. The first-order valence-corrected chi connectivity index (χ1v) is 4.83. The van der Waals surface area contributed by atoms with Gasteiger partial charge < -0.3 is 4.90 Å². The van der Waals surface area contributed by atoms with E-state index in [1.807, 2.05) is 11.8 Å². The van der Waals surface area contributed by atoms with Crippen molar-refractivity contribution < 1.29 is 0 Å². The molecule has 2 heteroatoms. The Balaban J connectivity index is 2.52. The van der Waals surface area contributed by atoms with E-state index in [2.05, 4.69) is 24.9 Å². The van der Waals surface area contributed by atoms with E-state index in [-0.39, 0.29) is 0 Å². The van der Waals surface area contributed by atoms with Crippen LogP contribution >= 0.6 is 11.8 Å². The van der Waals surface area contributed by atoms with Crippen molar-refractivity contribution >= 4 is 11.8 Å². The molecule has 1 aliphatic rings. The third-order valence-corrected chi connectivity index (χ3v) is 3.10. The summed E-state index contributed by atoms with van der Waals surface area (Å²) in [6, 6.07) is 0. The standard InChI is InChI=1S/C8H15NS/c1-3-8-9(2)6-4-5-7-10-8/h3H,4-7H2,1-2H3/b8-3+. The van der Waals surface area contributed by atoms with E-state index in [4.69, 9.17) is 0 Å². The van der Waals surface area contributed by atoms with Crippen LogP contribution in [0.4, 0.5) is 0 Å². The third-order valence-electron chi connectivity index (χ3n) is 1.76. The van der Waals surface area contributed by atoms with Gasteiger partial charge in [-0.2, -0.15) is 0 Å². The summed E-state index contributed by atoms with van der Waals surface area (Å²) in [4.78, 5) is 2.34. The highest BCUT2D eigenvalue weighted by Crippen LogP contribution is 2.23. The molecule has 0 spiro atoms. The van der Waals surface area contributed by atoms with Gasteiger partial charge in [-0.05, 0) is 25.5 Å². The van der Waals surface area contributed by atoms with Crippen LogP contribution < -0.4 is 0 Å². The number of hydrogen-bond donors (Lipinski definition) is 0. The van der Waals surface area contributed by atoms with Crippen molar-refractivity contribution in [3.63, 3.8) is 0 Å². The molecule has 0 aliphatic carbocycles. The summed E-state index contributed by atoms with van der Waals surface area (Å²) in [6.45, 7) is 3.34. The zero-order valence-electron chi connectivity index (χ0n) is 6.76. The van der Waals surface area contributed by atoms with Crippen LogP contribution in [0.15, 0.2) is 11.1 Å². The van der Waals surface area contributed by atoms with Crippen LogP contribution in [0, 0.1) is 0 Å². The Morgan fingerprint density at radius 1 is 1.50 bits per heavy atom. The number of hydrogen-bond acceptors (Lipinski definition) is 2. The summed E-state index contributed by atoms with van der Waals surface area (Å²) in [5, 5.41) is 1.44. The second-order valence-electron chi connectivity index (χ2n) is 2.60. The Bertz CT molecular complexity index is 131. The van der Waals surface area contributed by atoms with Crippen LogP contribution in [0.5, 0.6) is 0 Å². The summed E-state index contributed by atoms with van der Waals surface area (Å²) in [7, 11) is 2.17. The lowest BCUT2D eigenvalue weighted by Crippen LogP contribution is -2.14. The molecule has 0 unspecified atom stereocenters. The van der Waals surface area contributed by atoms with E-state index < -0.39 is 0 Å². The summed E-state index contributed by atoms with van der Waals surface area (Å²) < 4.78 is 0. The van der Waals surface area contributed by atoms with Crippen LogP contribution in [-0.2, 0) is 0 Å². The zero-order chi connectivity index (χ0) is 7.40. The lowest BCUT2D eigenvalue weighted by atomic mass is 10.3. The topological polar surface area (TPSA) is 3.24 Å². The van der Waals surface area contributed by atoms with E-state index in [9.17, 15) is 0 Å². The SMILES string of the molecule is C/C=C1/SCCCCN1C. The maximum absolute atomic E-state index is 2.34. The first kappa shape index (κ1) is 7.99. The van der Waals surface area contributed by atoms with Crippen LogP contribution in [0.25, 0.3) is 0 Å². The number of nitrogens with zero attached hydrogens (tertiary/aromatic N) is 1. The zero-order valence-corrected chi connectivity index (χ0v) is 7.58. The van der Waals surface area contributed by atoms with E-state index in [0.717, 1.165) is 0 Å². The molecule has 1 fully saturated rings. The molecular formula is C8H15NS. The molecule has 0 amide bonds. The van der Waals surface area contributed by atoms with E-state index in [0.29, 0.717) is 0 Å². The molecule has 0 saturated carbocycles. The molecular weight excluding hydrogens is 142 g/mol. The Morgan fingerprint density at radius 3 is 3.00 bits per heavy atom. The molecule has 0 aromatic rings. The fraction of sp³-hybridized carbons (Fsp3) is 0.750. The molecule has 58 valence electrons. The van der Waals surface area contributed by atoms with Gasteiger partial charge in [0.25, 0.3) is 0 Å². The molecule has 0 N–H and O–H groups in total. The second kappa shape index (κ2) is 3.91. The van der Waals surface area contributed by atoms with E-state index >= 15 is 0 Å². The molecule has 0 radical (unpaired) electrons. The summed E-state index contributed by atoms with van der Waals surface area (Å²) >= 11 is 1.98. The van der Waals surface area contributed by atoms with Gasteiger partial charge in [-0.1, -0.05) is 6.08 Å². The first-order chi connectivity index (χ1) is 4.84. The van der Waals surface area contributed by atoms with Crippen molar-refractivity contribution in [1.29, 1.82) is 0 Å². The molecule has 0 atom stereocenters. The quantitative estimate of drug-likeness (QED) is 0.531. The molecule has 1 nitrogen and oxygen atoms in total. The smallest absolute Gasteiger partial charge is 0.0661 e. The molecule has 0 aromatic heterocycles. The fourth-order valence-corrected chi connectivity index (χ4v) is 2.19. The lowest BCUT2D eigenvalue weighted by molar-refractivity contribution is 0.438. The normalized spacial score (nSPS) is 25.0. The fourth-order valence-electron chi connectivity index (χ4n) is 1.15. The van der Waals surface area contributed by atoms with Crippen molar-refractivity contribution in [2.45, 2.75) is 19.8 Å². The number of allylic oxidation sites excluding steroid dienone is 1. The van der Waals surface area contributed by atoms with Crippen molar-refractivity contribution in [2.75, 3.05) is 19.3 Å². The van der Waals surface area contributed by atoms with Gasteiger partial charge >= 0.3 is 0 Å². The molecule has 0 aromatic carbocycles. The van der Waals surface area contributed by atoms with Gasteiger partial charge in [-0.15, -0.1) is 11.8 Å². The predicted molar refractivity (Wildman–Crippen MR) is 48.1 cm³/mol. The van der Waals surface area contributed by atoms with Gasteiger partial charge in [-0.25, -0.2) is 0 Å². The minimum Gasteiger partial charge on any atom is -0.370 e. The van der Waals surface area contributed by atoms with E-state index in [1.165, 1.54) is 30.2 Å². The first-order valence-electron chi connectivity index (χ1n) is 3.85. The van der Waals surface area contributed by atoms with Crippen LogP contribution in [-0.4, -0.2) is 24.2 Å². The average Bonchev–Trinajstić information content (AvgIpc) is 2.13. The summed E-state index contributed by atoms with van der Waals surface area (Å²) in [5.41, 5.74) is 0. The highest BCUT2D eigenvalue weighted by molar-refractivity contribution is 8.03. The Hall–Kier alpha value is -0.110. The van der Waals surface area contributed by atoms with Gasteiger partial charge in [0.1, 0.15) is 0 Å². The van der Waals surface area contributed by atoms with Crippen molar-refractivity contribution in [3.05, 3.63) is 11.1 Å². The monoisotopic (exact) mass is 157 g/mol. The predicted octanol–water partition coefficient (Wildman–Crippen LogP) is 2.31. The van der Waals surface area contributed by atoms with Crippen molar-refractivity contribution in [1.82, 2.24) is 4.90 Å². The maximum Gasteiger partial charge on any atom is 0.0661 e. The van der Waals surface area contributed by atoms with Crippen LogP contribution in [0.1, 0.15) is 19.8 Å². The van der Waals surface area contributed by atoms with Crippen LogP contribution in [0.2, 0.25) is 0 Å². The summed E-state index contributed by atoms with van der Waals surface area (Å²) in [5.74, 6) is 1.30. The van der Waals surface area contributed by atoms with E-state index in [1.54, 1.807) is 0 Å². The molecule has 1 aliphatic heterocycles. The lowest BCUT2D eigenvalue weighted by Gasteiger charge is -2.17. The van der Waals surface area contributed by atoms with Gasteiger partial charge in [-0.3, -0.25) is 0 Å². The average molecular weight is 157 g/mol. The second-order valence-corrected chi connectivity index (χ2v) is 3.72. The van der Waals surface area contributed by atoms with Crippen molar-refractivity contribution in [2.24, 2.45) is 0 Å². The molecule has 0 bridgehead atoms. The minimum atomic E-state index is 1.23. The highest BCUT2D eigenvalue weighted by atomic mass is 32.2. The molecule has 10 heavy (non-hydrogen) atoms. The van der Waals surface area contributed by atoms with Crippen LogP contribution in [0.3, 0.4) is 0 Å². The molecule has 1 heterocycles. The van der Waals surface area contributed by atoms with Crippen molar-refractivity contribution in [3.8, 4) is 0 Å². The number of rotatable bonds is 0. The maximum atomic E-state index is 2.34. The minimum absolute atomic E-state index is 1.23. The van der Waals surface area contributed by atoms with Gasteiger partial charge in [0.2, 0.25) is 0 Å². The number of thioether (sulfide) groups is 1.